The lowest BCUT2D eigenvalue weighted by Crippen LogP contribution is -2.41. The standard InChI is InChI=1S/C6H9F3N4O/c7-5(6(14)13(9)12-8)4-3-10-1-2-11-4/h10-12H,1-3H2/b5-4-. The van der Waals surface area contributed by atoms with E-state index in [0.29, 0.717) is 18.7 Å². The van der Waals surface area contributed by atoms with Crippen molar-refractivity contribution in [1.82, 2.24) is 21.5 Å². The van der Waals surface area contributed by atoms with Gasteiger partial charge in [-0.25, -0.2) is 0 Å². The Morgan fingerprint density at radius 2 is 2.21 bits per heavy atom. The summed E-state index contributed by atoms with van der Waals surface area (Å²) in [6.45, 7) is 1.12. The zero-order valence-corrected chi connectivity index (χ0v) is 7.11. The molecule has 1 amide bonds. The lowest BCUT2D eigenvalue weighted by atomic mass is 10.3. The largest absolute Gasteiger partial charge is 0.383 e. The summed E-state index contributed by atoms with van der Waals surface area (Å²) in [6.07, 6.45) is 0. The third-order valence-electron chi connectivity index (χ3n) is 1.65. The summed E-state index contributed by atoms with van der Waals surface area (Å²) in [5.41, 5.74) is 0.295. The Hall–Kier alpha value is -1.28. The van der Waals surface area contributed by atoms with Gasteiger partial charge in [0.1, 0.15) is 0 Å². The zero-order chi connectivity index (χ0) is 10.6. The first-order chi connectivity index (χ1) is 6.66. The van der Waals surface area contributed by atoms with E-state index in [2.05, 4.69) is 10.6 Å². The Morgan fingerprint density at radius 3 is 2.71 bits per heavy atom. The van der Waals surface area contributed by atoms with Gasteiger partial charge in [-0.15, -0.1) is 4.48 Å². The Labute approximate surface area is 77.8 Å². The van der Waals surface area contributed by atoms with Crippen LogP contribution in [0.15, 0.2) is 11.5 Å². The second kappa shape index (κ2) is 4.82. The minimum absolute atomic E-state index is 0.0811. The van der Waals surface area contributed by atoms with E-state index in [-0.39, 0.29) is 12.2 Å². The SMILES string of the molecule is O=C(/C(F)=C1\CNCCN1)N(F)NF. The zero-order valence-electron chi connectivity index (χ0n) is 7.11. The molecule has 1 heterocycles. The molecular formula is C6H9F3N4O. The van der Waals surface area contributed by atoms with E-state index in [1.807, 2.05) is 0 Å². The molecule has 5 nitrogen and oxygen atoms in total. The van der Waals surface area contributed by atoms with E-state index in [0.717, 1.165) is 0 Å². The van der Waals surface area contributed by atoms with Gasteiger partial charge in [0, 0.05) is 19.6 Å². The number of nitrogens with zero attached hydrogens (tertiary/aromatic N) is 1. The monoisotopic (exact) mass is 210 g/mol. The van der Waals surface area contributed by atoms with Crippen LogP contribution in [0, 0.1) is 0 Å². The third kappa shape index (κ3) is 2.36. The van der Waals surface area contributed by atoms with Crippen molar-refractivity contribution in [1.29, 1.82) is 0 Å². The molecule has 0 aromatic heterocycles. The Bertz CT molecular complexity index is 249. The highest BCUT2D eigenvalue weighted by Crippen LogP contribution is 2.08. The normalized spacial score (nSPS) is 19.9. The fraction of sp³-hybridized carbons (Fsp3) is 0.500. The molecule has 0 radical (unpaired) electrons. The number of carbonyl (C=O) groups is 1. The Kier molecular flexibility index (Phi) is 3.72. The lowest BCUT2D eigenvalue weighted by Gasteiger charge is -2.18. The number of hydrazine groups is 1. The molecular weight excluding hydrogens is 201 g/mol. The second-order valence-corrected chi connectivity index (χ2v) is 2.57. The molecule has 8 heteroatoms. The summed E-state index contributed by atoms with van der Waals surface area (Å²) in [5, 5.41) is 4.25. The predicted molar refractivity (Wildman–Crippen MR) is 41.2 cm³/mol. The van der Waals surface area contributed by atoms with Crippen molar-refractivity contribution in [2.45, 2.75) is 0 Å². The minimum Gasteiger partial charge on any atom is -0.383 e. The molecule has 80 valence electrons. The van der Waals surface area contributed by atoms with E-state index in [4.69, 9.17) is 0 Å². The van der Waals surface area contributed by atoms with Crippen molar-refractivity contribution >= 4 is 5.91 Å². The van der Waals surface area contributed by atoms with Crippen LogP contribution in [0.5, 0.6) is 0 Å². The summed E-state index contributed by atoms with van der Waals surface area (Å²) in [6, 6.07) is 0. The molecule has 14 heavy (non-hydrogen) atoms. The van der Waals surface area contributed by atoms with E-state index in [9.17, 15) is 18.1 Å². The maximum Gasteiger partial charge on any atom is 0.329 e. The topological polar surface area (TPSA) is 56.4 Å². The molecule has 0 spiro atoms. The minimum atomic E-state index is -1.71. The molecule has 0 aromatic rings. The molecule has 0 unspecified atom stereocenters. The Balaban J connectivity index is 2.69. The fourth-order valence-electron chi connectivity index (χ4n) is 0.987. The number of halogens is 3. The number of amides is 1. The number of nitrogens with one attached hydrogen (secondary N) is 3. The first-order valence-corrected chi connectivity index (χ1v) is 3.86. The van der Waals surface area contributed by atoms with Crippen molar-refractivity contribution in [2.75, 3.05) is 19.6 Å². The van der Waals surface area contributed by atoms with Gasteiger partial charge in [-0.05, 0) is 5.65 Å². The van der Waals surface area contributed by atoms with Crippen molar-refractivity contribution in [3.8, 4) is 0 Å². The number of hydrogen-bond donors (Lipinski definition) is 3. The van der Waals surface area contributed by atoms with E-state index in [1.165, 1.54) is 0 Å². The van der Waals surface area contributed by atoms with Crippen LogP contribution in [0.25, 0.3) is 0 Å². The van der Waals surface area contributed by atoms with Crippen LogP contribution in [-0.4, -0.2) is 30.8 Å². The van der Waals surface area contributed by atoms with Gasteiger partial charge in [0.05, 0.1) is 5.70 Å². The van der Waals surface area contributed by atoms with Gasteiger partial charge in [-0.1, -0.05) is 9.71 Å². The van der Waals surface area contributed by atoms with Crippen molar-refractivity contribution < 1.29 is 18.1 Å². The van der Waals surface area contributed by atoms with E-state index < -0.39 is 17.0 Å². The number of carbonyl (C=O) groups excluding carboxylic acids is 1. The highest BCUT2D eigenvalue weighted by atomic mass is 19.2. The summed E-state index contributed by atoms with van der Waals surface area (Å²) < 4.78 is 36.7. The second-order valence-electron chi connectivity index (χ2n) is 2.57. The molecule has 0 saturated carbocycles. The summed E-state index contributed by atoms with van der Waals surface area (Å²) >= 11 is 0. The van der Waals surface area contributed by atoms with Gasteiger partial charge in [-0.3, -0.25) is 4.79 Å². The van der Waals surface area contributed by atoms with Crippen LogP contribution >= 0.6 is 0 Å². The highest BCUT2D eigenvalue weighted by molar-refractivity contribution is 5.90. The molecule has 1 saturated heterocycles. The molecule has 1 fully saturated rings. The van der Waals surface area contributed by atoms with Crippen LogP contribution in [0.1, 0.15) is 0 Å². The highest BCUT2D eigenvalue weighted by Gasteiger charge is 2.23. The molecule has 0 bridgehead atoms. The maximum atomic E-state index is 13.1. The molecule has 3 N–H and O–H groups in total. The van der Waals surface area contributed by atoms with Crippen molar-refractivity contribution in [3.05, 3.63) is 11.5 Å². The molecule has 0 aliphatic carbocycles. The first kappa shape index (κ1) is 10.8. The van der Waals surface area contributed by atoms with Crippen LogP contribution in [-0.2, 0) is 4.79 Å². The van der Waals surface area contributed by atoms with Crippen molar-refractivity contribution in [3.63, 3.8) is 0 Å². The van der Waals surface area contributed by atoms with Gasteiger partial charge in [0.15, 0.2) is 0 Å². The average molecular weight is 210 g/mol. The molecule has 0 aromatic carbocycles. The Morgan fingerprint density at radius 1 is 1.50 bits per heavy atom. The van der Waals surface area contributed by atoms with Gasteiger partial charge in [-0.2, -0.15) is 4.39 Å². The molecule has 1 aliphatic rings. The van der Waals surface area contributed by atoms with Crippen LogP contribution < -0.4 is 16.3 Å². The fourth-order valence-corrected chi connectivity index (χ4v) is 0.987. The van der Waals surface area contributed by atoms with Gasteiger partial charge in [0.25, 0.3) is 0 Å². The van der Waals surface area contributed by atoms with Gasteiger partial charge >= 0.3 is 5.91 Å². The van der Waals surface area contributed by atoms with E-state index >= 15 is 0 Å². The number of hydrogen-bond acceptors (Lipinski definition) is 4. The summed E-state index contributed by atoms with van der Waals surface area (Å²) in [7, 11) is 0. The lowest BCUT2D eigenvalue weighted by molar-refractivity contribution is -0.163. The third-order valence-corrected chi connectivity index (χ3v) is 1.65. The molecule has 0 atom stereocenters. The molecule has 1 aliphatic heterocycles. The predicted octanol–water partition coefficient (Wildman–Crippen LogP) is -0.538. The van der Waals surface area contributed by atoms with Crippen LogP contribution in [0.3, 0.4) is 0 Å². The molecule has 1 rings (SSSR count). The summed E-state index contributed by atoms with van der Waals surface area (Å²) in [4.78, 5) is 10.7. The van der Waals surface area contributed by atoms with E-state index in [1.54, 1.807) is 0 Å². The quantitative estimate of drug-likeness (QED) is 0.325. The van der Waals surface area contributed by atoms with Crippen LogP contribution in [0.2, 0.25) is 0 Å². The van der Waals surface area contributed by atoms with Gasteiger partial charge < -0.3 is 10.6 Å². The maximum absolute atomic E-state index is 13.1. The van der Waals surface area contributed by atoms with Crippen molar-refractivity contribution in [2.24, 2.45) is 0 Å². The number of piperazine rings is 1. The number of rotatable bonds is 2. The van der Waals surface area contributed by atoms with Crippen LogP contribution in [0.4, 0.5) is 13.4 Å². The summed E-state index contributed by atoms with van der Waals surface area (Å²) in [5.74, 6) is -3.07. The smallest absolute Gasteiger partial charge is 0.329 e. The van der Waals surface area contributed by atoms with Gasteiger partial charge in [0.2, 0.25) is 5.83 Å². The first-order valence-electron chi connectivity index (χ1n) is 3.86. The average Bonchev–Trinajstić information content (AvgIpc) is 2.27.